The Morgan fingerprint density at radius 1 is 1.25 bits per heavy atom. The van der Waals surface area contributed by atoms with E-state index < -0.39 is 43.5 Å². The Morgan fingerprint density at radius 2 is 2.06 bits per heavy atom. The number of piperazine rings is 1. The zero-order chi connectivity index (χ0) is 29.3. The molecule has 1 spiro atoms. The molecule has 1 atom stereocenters. The monoisotopic (exact) mass is 464 g/mol. The van der Waals surface area contributed by atoms with Gasteiger partial charge in [0.15, 0.2) is 0 Å². The molecule has 0 radical (unpaired) electrons. The zero-order valence-corrected chi connectivity index (χ0v) is 18.3. The molecule has 3 fully saturated rings. The minimum absolute atomic E-state index is 0.0711. The third-order valence-electron chi connectivity index (χ3n) is 6.07. The number of hydrogen-bond acceptors (Lipinski definition) is 7. The maximum Gasteiger partial charge on any atom is 0.409 e. The van der Waals surface area contributed by atoms with Crippen molar-refractivity contribution in [3.63, 3.8) is 0 Å². The number of aromatic nitrogens is 3. The van der Waals surface area contributed by atoms with Gasteiger partial charge in [-0.2, -0.15) is 0 Å². The maximum absolute atomic E-state index is 12.1. The average Bonchev–Trinajstić information content (AvgIpc) is 3.28. The predicted molar refractivity (Wildman–Crippen MR) is 123 cm³/mol. The fraction of sp³-hybridized carbons (Fsp3) is 0.565. The van der Waals surface area contributed by atoms with Crippen LogP contribution in [-0.2, 0) is 4.74 Å². The molecule has 1 saturated carbocycles. The second-order valence-electron chi connectivity index (χ2n) is 8.22. The van der Waals surface area contributed by atoms with E-state index in [1.807, 2.05) is 0 Å². The maximum atomic E-state index is 12.1. The highest BCUT2D eigenvalue weighted by Crippen LogP contribution is 2.47. The number of carbonyl (C=O) groups is 1. The minimum atomic E-state index is -3.10. The highest BCUT2D eigenvalue weighted by molar-refractivity contribution is 6.30. The van der Waals surface area contributed by atoms with Gasteiger partial charge in [0.2, 0.25) is 0 Å². The summed E-state index contributed by atoms with van der Waals surface area (Å²) in [6.45, 7) is -9.55. The quantitative estimate of drug-likeness (QED) is 0.686. The molecule has 0 aromatic carbocycles. The van der Waals surface area contributed by atoms with E-state index in [2.05, 4.69) is 15.0 Å². The lowest BCUT2D eigenvalue weighted by molar-refractivity contribution is -0.00294. The van der Waals surface area contributed by atoms with Crippen LogP contribution < -0.4 is 4.90 Å². The SMILES string of the molecule is [2H]C1([2H])N(c2ncc(Cl)cc2-c2cnccn2)C([2H])([2H])C([2H])([2H])N(C2CCC3(C2)CN(C(=O)OCC)C3)C1([2H])[2H]. The summed E-state index contributed by atoms with van der Waals surface area (Å²) < 4.78 is 76.6. The van der Waals surface area contributed by atoms with Crippen LogP contribution in [0.15, 0.2) is 30.9 Å². The molecule has 3 aliphatic rings. The van der Waals surface area contributed by atoms with Gasteiger partial charge < -0.3 is 14.5 Å². The van der Waals surface area contributed by atoms with Gasteiger partial charge in [-0.3, -0.25) is 14.9 Å². The second-order valence-corrected chi connectivity index (χ2v) is 8.66. The van der Waals surface area contributed by atoms with Crippen molar-refractivity contribution < 1.29 is 20.5 Å². The van der Waals surface area contributed by atoms with Crippen LogP contribution in [0.2, 0.25) is 5.02 Å². The first-order chi connectivity index (χ1) is 18.6. The number of halogens is 1. The topological polar surface area (TPSA) is 74.7 Å². The highest BCUT2D eigenvalue weighted by Gasteiger charge is 2.51. The molecule has 1 aliphatic carbocycles. The van der Waals surface area contributed by atoms with Crippen LogP contribution in [0.4, 0.5) is 10.6 Å². The molecular formula is C23H29ClN6O2. The molecule has 1 unspecified atom stereocenters. The lowest BCUT2D eigenvalue weighted by atomic mass is 9.78. The first-order valence-corrected chi connectivity index (χ1v) is 10.9. The number of rotatable bonds is 4. The molecule has 2 aromatic heterocycles. The van der Waals surface area contributed by atoms with E-state index in [-0.39, 0.29) is 35.1 Å². The summed E-state index contributed by atoms with van der Waals surface area (Å²) in [4.78, 5) is 27.1. The third kappa shape index (κ3) is 4.13. The second kappa shape index (κ2) is 8.83. The van der Waals surface area contributed by atoms with E-state index in [9.17, 15) is 4.79 Å². The lowest BCUT2D eigenvalue weighted by Crippen LogP contribution is -2.58. The predicted octanol–water partition coefficient (Wildman–Crippen LogP) is 3.33. The number of pyridine rings is 1. The molecule has 0 N–H and O–H groups in total. The first-order valence-electron chi connectivity index (χ1n) is 14.5. The summed E-state index contributed by atoms with van der Waals surface area (Å²) in [5, 5.41) is 0.142. The highest BCUT2D eigenvalue weighted by atomic mass is 35.5. The Hall–Kier alpha value is -2.45. The van der Waals surface area contributed by atoms with Crippen molar-refractivity contribution in [1.29, 1.82) is 0 Å². The normalized spacial score (nSPS) is 32.8. The van der Waals surface area contributed by atoms with Gasteiger partial charge in [0.25, 0.3) is 0 Å². The number of hydrogen-bond donors (Lipinski definition) is 0. The van der Waals surface area contributed by atoms with Crippen molar-refractivity contribution in [3.05, 3.63) is 35.9 Å². The average molecular weight is 465 g/mol. The number of nitrogens with zero attached hydrogens (tertiary/aromatic N) is 6. The largest absolute Gasteiger partial charge is 0.450 e. The summed E-state index contributed by atoms with van der Waals surface area (Å²) in [5.41, 5.74) is -0.143. The summed E-state index contributed by atoms with van der Waals surface area (Å²) >= 11 is 6.16. The molecule has 2 aliphatic heterocycles. The Balaban J connectivity index is 1.53. The molecule has 2 saturated heterocycles. The van der Waals surface area contributed by atoms with Gasteiger partial charge in [-0.25, -0.2) is 9.78 Å². The van der Waals surface area contributed by atoms with Crippen LogP contribution >= 0.6 is 11.6 Å². The van der Waals surface area contributed by atoms with Gasteiger partial charge in [-0.15, -0.1) is 0 Å². The molecule has 9 heteroatoms. The van der Waals surface area contributed by atoms with Crippen LogP contribution in [0, 0.1) is 5.41 Å². The number of ether oxygens (including phenoxy) is 1. The van der Waals surface area contributed by atoms with E-state index in [1.165, 1.54) is 29.6 Å². The summed E-state index contributed by atoms with van der Waals surface area (Å²) in [7, 11) is 0. The molecule has 32 heavy (non-hydrogen) atoms. The van der Waals surface area contributed by atoms with E-state index in [0.29, 0.717) is 30.8 Å². The van der Waals surface area contributed by atoms with Crippen molar-refractivity contribution in [2.75, 3.05) is 50.6 Å². The number of anilines is 1. The zero-order valence-electron chi connectivity index (χ0n) is 25.6. The summed E-state index contributed by atoms with van der Waals surface area (Å²) in [5.74, 6) is -0.362. The molecule has 1 amide bonds. The molecule has 8 nitrogen and oxygen atoms in total. The van der Waals surface area contributed by atoms with Gasteiger partial charge in [0.1, 0.15) is 5.82 Å². The van der Waals surface area contributed by atoms with Crippen LogP contribution in [-0.4, -0.2) is 82.6 Å². The number of likely N-dealkylation sites (tertiary alicyclic amines) is 1. The Labute approximate surface area is 204 Å². The third-order valence-corrected chi connectivity index (χ3v) is 6.28. The fourth-order valence-corrected chi connectivity index (χ4v) is 4.74. The van der Waals surface area contributed by atoms with Gasteiger partial charge in [-0.05, 0) is 32.3 Å². The Bertz CT molecular complexity index is 1270. The Morgan fingerprint density at radius 3 is 2.78 bits per heavy atom. The molecule has 2 aromatic rings. The molecular weight excluding hydrogens is 428 g/mol. The minimum Gasteiger partial charge on any atom is -0.450 e. The summed E-state index contributed by atoms with van der Waals surface area (Å²) in [6, 6.07) is 0.559. The van der Waals surface area contributed by atoms with Gasteiger partial charge in [0.05, 0.1) is 29.0 Å². The van der Waals surface area contributed by atoms with Crippen LogP contribution in [0.25, 0.3) is 11.3 Å². The molecule has 170 valence electrons. The van der Waals surface area contributed by atoms with Crippen molar-refractivity contribution in [2.45, 2.75) is 32.2 Å². The van der Waals surface area contributed by atoms with E-state index >= 15 is 0 Å². The van der Waals surface area contributed by atoms with Crippen molar-refractivity contribution >= 4 is 23.5 Å². The van der Waals surface area contributed by atoms with Crippen LogP contribution in [0.1, 0.15) is 37.2 Å². The van der Waals surface area contributed by atoms with Gasteiger partial charge >= 0.3 is 6.09 Å². The molecule has 4 heterocycles. The standard InChI is InChI=1S/C23H29ClN6O2/c1-2-32-22(31)30-15-23(16-30)4-3-18(12-23)28-7-9-29(10-8-28)21-19(11-17(24)13-27-21)20-14-25-5-6-26-20/h5-6,11,13-14,18H,2-4,7-10,12,15-16H2,1H3/i7D2,8D2,9D2,10D2. The van der Waals surface area contributed by atoms with E-state index in [0.717, 1.165) is 11.1 Å². The number of amides is 1. The Kier molecular flexibility index (Phi) is 3.85. The number of carbonyl (C=O) groups excluding carboxylic acids is 1. The van der Waals surface area contributed by atoms with Crippen molar-refractivity contribution in [2.24, 2.45) is 5.41 Å². The molecule has 5 rings (SSSR count). The first kappa shape index (κ1) is 14.0. The summed E-state index contributed by atoms with van der Waals surface area (Å²) in [6.07, 6.45) is 5.99. The smallest absolute Gasteiger partial charge is 0.409 e. The van der Waals surface area contributed by atoms with Gasteiger partial charge in [-0.1, -0.05) is 11.6 Å². The fourth-order valence-electron chi connectivity index (χ4n) is 4.58. The molecule has 0 bridgehead atoms. The lowest BCUT2D eigenvalue weighted by Gasteiger charge is -2.48. The van der Waals surface area contributed by atoms with Gasteiger partial charge in [0, 0.05) is 80.2 Å². The van der Waals surface area contributed by atoms with Crippen molar-refractivity contribution in [1.82, 2.24) is 24.8 Å². The van der Waals surface area contributed by atoms with Crippen molar-refractivity contribution in [3.8, 4) is 11.3 Å². The van der Waals surface area contributed by atoms with E-state index in [1.54, 1.807) is 6.92 Å². The van der Waals surface area contributed by atoms with E-state index in [4.69, 9.17) is 27.3 Å². The van der Waals surface area contributed by atoms with Crippen LogP contribution in [0.3, 0.4) is 0 Å². The van der Waals surface area contributed by atoms with Crippen LogP contribution in [0.5, 0.6) is 0 Å².